The zero-order chi connectivity index (χ0) is 22.6. The molecule has 0 unspecified atom stereocenters. The number of H-pyrrole nitrogens is 3. The summed E-state index contributed by atoms with van der Waals surface area (Å²) in [6, 6.07) is 22.7. The molecular formula is C25H26N8. The first-order valence-electron chi connectivity index (χ1n) is 10.9. The maximum absolute atomic E-state index is 4.41. The van der Waals surface area contributed by atoms with Crippen LogP contribution in [-0.4, -0.2) is 30.6 Å². The van der Waals surface area contributed by atoms with Crippen molar-refractivity contribution >= 4 is 11.6 Å². The number of nitrogens with one attached hydrogen (secondary N) is 5. The molecule has 3 aromatic heterocycles. The van der Waals surface area contributed by atoms with Crippen LogP contribution in [-0.2, 0) is 13.1 Å². The van der Waals surface area contributed by atoms with E-state index < -0.39 is 0 Å². The van der Waals surface area contributed by atoms with E-state index in [1.54, 1.807) is 0 Å². The van der Waals surface area contributed by atoms with E-state index in [0.717, 1.165) is 45.5 Å². The molecule has 0 spiro atoms. The molecule has 0 bridgehead atoms. The number of rotatable bonds is 8. The average Bonchev–Trinajstić information content (AvgIpc) is 3.58. The Hall–Kier alpha value is -4.33. The average molecular weight is 439 g/mol. The monoisotopic (exact) mass is 438 g/mol. The van der Waals surface area contributed by atoms with E-state index >= 15 is 0 Å². The third kappa shape index (κ3) is 4.95. The summed E-state index contributed by atoms with van der Waals surface area (Å²) in [7, 11) is 0. The summed E-state index contributed by atoms with van der Waals surface area (Å²) < 4.78 is 0. The van der Waals surface area contributed by atoms with Gasteiger partial charge in [0.2, 0.25) is 0 Å². The first-order chi connectivity index (χ1) is 16.1. The van der Waals surface area contributed by atoms with Crippen LogP contribution in [0.2, 0.25) is 0 Å². The van der Waals surface area contributed by atoms with Gasteiger partial charge in [-0.1, -0.05) is 59.7 Å². The Morgan fingerprint density at radius 1 is 0.606 bits per heavy atom. The van der Waals surface area contributed by atoms with Crippen molar-refractivity contribution in [2.24, 2.45) is 0 Å². The van der Waals surface area contributed by atoms with Crippen LogP contribution in [0.15, 0.2) is 66.7 Å². The van der Waals surface area contributed by atoms with Gasteiger partial charge in [0.25, 0.3) is 0 Å². The molecule has 2 aromatic carbocycles. The fourth-order valence-corrected chi connectivity index (χ4v) is 3.53. The van der Waals surface area contributed by atoms with E-state index in [-0.39, 0.29) is 0 Å². The van der Waals surface area contributed by atoms with Gasteiger partial charge in [0, 0.05) is 17.7 Å². The molecule has 166 valence electrons. The Bertz CT molecular complexity index is 1220. The van der Waals surface area contributed by atoms with Gasteiger partial charge in [-0.2, -0.15) is 15.3 Å². The minimum absolute atomic E-state index is 0.592. The van der Waals surface area contributed by atoms with Crippen LogP contribution in [0.4, 0.5) is 11.6 Å². The minimum Gasteiger partial charge on any atom is -0.363 e. The molecule has 5 aromatic rings. The van der Waals surface area contributed by atoms with Crippen LogP contribution in [0, 0.1) is 13.8 Å². The number of aromatic amines is 3. The fraction of sp³-hybridized carbons (Fsp3) is 0.160. The van der Waals surface area contributed by atoms with Gasteiger partial charge in [0.15, 0.2) is 0 Å². The fourth-order valence-electron chi connectivity index (χ4n) is 3.53. The Morgan fingerprint density at radius 3 is 1.85 bits per heavy atom. The summed E-state index contributed by atoms with van der Waals surface area (Å²) >= 11 is 0. The number of benzene rings is 2. The van der Waals surface area contributed by atoms with Gasteiger partial charge in [-0.15, -0.1) is 0 Å². The van der Waals surface area contributed by atoms with Gasteiger partial charge in [-0.25, -0.2) is 0 Å². The predicted octanol–water partition coefficient (Wildman–Crippen LogP) is 5.03. The molecule has 3 heterocycles. The molecule has 0 fully saturated rings. The lowest BCUT2D eigenvalue weighted by molar-refractivity contribution is 0.951. The second-order valence-corrected chi connectivity index (χ2v) is 8.16. The van der Waals surface area contributed by atoms with Crippen LogP contribution < -0.4 is 10.6 Å². The third-order valence-electron chi connectivity index (χ3n) is 5.47. The van der Waals surface area contributed by atoms with Crippen molar-refractivity contribution in [3.8, 4) is 22.5 Å². The Morgan fingerprint density at radius 2 is 1.15 bits per heavy atom. The van der Waals surface area contributed by atoms with Crippen molar-refractivity contribution in [2.45, 2.75) is 26.9 Å². The van der Waals surface area contributed by atoms with Gasteiger partial charge in [-0.05, 0) is 25.5 Å². The predicted molar refractivity (Wildman–Crippen MR) is 131 cm³/mol. The molecule has 0 aliphatic heterocycles. The minimum atomic E-state index is 0.592. The van der Waals surface area contributed by atoms with Crippen LogP contribution in [0.25, 0.3) is 22.5 Å². The summed E-state index contributed by atoms with van der Waals surface area (Å²) in [6.07, 6.45) is 0. The summed E-state index contributed by atoms with van der Waals surface area (Å²) in [5.41, 5.74) is 8.55. The van der Waals surface area contributed by atoms with Crippen molar-refractivity contribution in [2.75, 3.05) is 10.6 Å². The van der Waals surface area contributed by atoms with Crippen LogP contribution in [0.5, 0.6) is 0 Å². The van der Waals surface area contributed by atoms with Gasteiger partial charge in [-0.3, -0.25) is 15.3 Å². The number of aryl methyl sites for hydroxylation is 2. The molecule has 0 saturated heterocycles. The summed E-state index contributed by atoms with van der Waals surface area (Å²) in [6.45, 7) is 5.36. The smallest absolute Gasteiger partial charge is 0.148 e. The van der Waals surface area contributed by atoms with Crippen molar-refractivity contribution in [1.82, 2.24) is 30.6 Å². The van der Waals surface area contributed by atoms with E-state index in [2.05, 4.69) is 110 Å². The van der Waals surface area contributed by atoms with Gasteiger partial charge < -0.3 is 10.6 Å². The molecule has 0 radical (unpaired) electrons. The number of hydrogen-bond acceptors (Lipinski definition) is 5. The molecule has 33 heavy (non-hydrogen) atoms. The lowest BCUT2D eigenvalue weighted by Gasteiger charge is -2.00. The molecule has 0 aliphatic carbocycles. The number of hydrogen-bond donors (Lipinski definition) is 5. The van der Waals surface area contributed by atoms with E-state index in [0.29, 0.717) is 13.1 Å². The molecule has 0 saturated carbocycles. The lowest BCUT2D eigenvalue weighted by atomic mass is 10.1. The van der Waals surface area contributed by atoms with Gasteiger partial charge in [0.1, 0.15) is 11.6 Å². The second-order valence-electron chi connectivity index (χ2n) is 8.16. The summed E-state index contributed by atoms with van der Waals surface area (Å²) in [5.74, 6) is 1.57. The number of nitrogens with zero attached hydrogens (tertiary/aromatic N) is 3. The van der Waals surface area contributed by atoms with E-state index in [9.17, 15) is 0 Å². The zero-order valence-corrected chi connectivity index (χ0v) is 18.6. The molecule has 0 atom stereocenters. The first kappa shape index (κ1) is 20.6. The standard InChI is InChI=1S/C25H26N8/c1-16-3-7-18(8-4-16)22-11-20(28-30-22)14-26-24-12-21(29-32-24)15-27-25-13-23(31-33-25)19-9-5-17(2)6-10-19/h3-13H,14-15H2,1-2H3,(H,28,30)(H2,26,29,32)(H2,27,31,33). The van der Waals surface area contributed by atoms with Crippen LogP contribution in [0.1, 0.15) is 22.5 Å². The maximum Gasteiger partial charge on any atom is 0.148 e. The largest absolute Gasteiger partial charge is 0.363 e. The molecule has 5 rings (SSSR count). The normalized spacial score (nSPS) is 11.0. The molecule has 8 heteroatoms. The Balaban J connectivity index is 1.14. The Labute approximate surface area is 191 Å². The lowest BCUT2D eigenvalue weighted by Crippen LogP contribution is -2.00. The van der Waals surface area contributed by atoms with E-state index in [1.807, 2.05) is 12.1 Å². The van der Waals surface area contributed by atoms with Crippen LogP contribution in [0.3, 0.4) is 0 Å². The van der Waals surface area contributed by atoms with Crippen molar-refractivity contribution in [3.05, 3.63) is 89.2 Å². The number of aromatic nitrogens is 6. The third-order valence-corrected chi connectivity index (χ3v) is 5.47. The molecule has 8 nitrogen and oxygen atoms in total. The topological polar surface area (TPSA) is 110 Å². The zero-order valence-electron chi connectivity index (χ0n) is 18.6. The molecule has 0 aliphatic rings. The highest BCUT2D eigenvalue weighted by Gasteiger charge is 2.07. The van der Waals surface area contributed by atoms with Crippen molar-refractivity contribution in [3.63, 3.8) is 0 Å². The highest BCUT2D eigenvalue weighted by Crippen LogP contribution is 2.21. The van der Waals surface area contributed by atoms with Gasteiger partial charge in [0.05, 0.1) is 35.9 Å². The second kappa shape index (κ2) is 9.04. The summed E-state index contributed by atoms with van der Waals surface area (Å²) in [5, 5.41) is 29.0. The van der Waals surface area contributed by atoms with Crippen molar-refractivity contribution < 1.29 is 0 Å². The van der Waals surface area contributed by atoms with E-state index in [1.165, 1.54) is 11.1 Å². The Kier molecular flexibility index (Phi) is 5.63. The highest BCUT2D eigenvalue weighted by atomic mass is 15.2. The quantitative estimate of drug-likeness (QED) is 0.233. The molecular weight excluding hydrogens is 412 g/mol. The first-order valence-corrected chi connectivity index (χ1v) is 10.9. The van der Waals surface area contributed by atoms with Crippen LogP contribution >= 0.6 is 0 Å². The maximum atomic E-state index is 4.41. The van der Waals surface area contributed by atoms with Gasteiger partial charge >= 0.3 is 0 Å². The van der Waals surface area contributed by atoms with E-state index in [4.69, 9.17) is 0 Å². The molecule has 0 amide bonds. The highest BCUT2D eigenvalue weighted by molar-refractivity contribution is 5.63. The summed E-state index contributed by atoms with van der Waals surface area (Å²) in [4.78, 5) is 0. The molecule has 5 N–H and O–H groups in total. The number of anilines is 2. The SMILES string of the molecule is Cc1ccc(-c2cc(CNc3cc(CNc4cc(-c5ccc(C)cc5)[nH]n4)[nH]n3)[nH]n2)cc1. The van der Waals surface area contributed by atoms with Crippen molar-refractivity contribution in [1.29, 1.82) is 0 Å².